The van der Waals surface area contributed by atoms with Crippen molar-refractivity contribution in [2.45, 2.75) is 90.1 Å². The van der Waals surface area contributed by atoms with Crippen molar-refractivity contribution in [1.29, 1.82) is 0 Å². The molecule has 0 radical (unpaired) electrons. The summed E-state index contributed by atoms with van der Waals surface area (Å²) >= 11 is 0. The standard InChI is InChI=1S/C19H36N2/c1-18(2,3)16-5-4-11-19(14-20,12-10-16)21(17-8-9-17)13-15-6-7-15/h15-17H,4-14,20H2,1-3H3. The molecule has 0 saturated heterocycles. The second-order valence-electron chi connectivity index (χ2n) is 9.25. The molecule has 0 aromatic heterocycles. The van der Waals surface area contributed by atoms with Crippen molar-refractivity contribution in [3.8, 4) is 0 Å². The van der Waals surface area contributed by atoms with Gasteiger partial charge in [0.05, 0.1) is 0 Å². The lowest BCUT2D eigenvalue weighted by atomic mass is 9.76. The van der Waals surface area contributed by atoms with E-state index in [0.29, 0.717) is 11.0 Å². The lowest BCUT2D eigenvalue weighted by Gasteiger charge is -2.44. The van der Waals surface area contributed by atoms with E-state index in [9.17, 15) is 0 Å². The number of hydrogen-bond acceptors (Lipinski definition) is 2. The summed E-state index contributed by atoms with van der Waals surface area (Å²) in [5, 5.41) is 0. The average molecular weight is 293 g/mol. The van der Waals surface area contributed by atoms with Crippen molar-refractivity contribution in [1.82, 2.24) is 4.90 Å². The van der Waals surface area contributed by atoms with Crippen LogP contribution in [0, 0.1) is 17.3 Å². The van der Waals surface area contributed by atoms with Gasteiger partial charge in [-0.1, -0.05) is 27.2 Å². The minimum absolute atomic E-state index is 0.337. The third-order valence-electron chi connectivity index (χ3n) is 6.51. The lowest BCUT2D eigenvalue weighted by Crippen LogP contribution is -2.55. The highest BCUT2D eigenvalue weighted by Gasteiger charge is 2.46. The summed E-state index contributed by atoms with van der Waals surface area (Å²) in [6.45, 7) is 9.51. The largest absolute Gasteiger partial charge is 0.329 e. The molecule has 0 spiro atoms. The highest BCUT2D eigenvalue weighted by Crippen LogP contribution is 2.46. The first kappa shape index (κ1) is 15.8. The van der Waals surface area contributed by atoms with Crippen LogP contribution in [0.5, 0.6) is 0 Å². The summed E-state index contributed by atoms with van der Waals surface area (Å²) in [4.78, 5) is 2.90. The monoisotopic (exact) mass is 292 g/mol. The van der Waals surface area contributed by atoms with Crippen molar-refractivity contribution in [2.75, 3.05) is 13.1 Å². The number of nitrogens with zero attached hydrogens (tertiary/aromatic N) is 1. The summed E-state index contributed by atoms with van der Waals surface area (Å²) in [5.41, 5.74) is 7.18. The second-order valence-corrected chi connectivity index (χ2v) is 9.25. The van der Waals surface area contributed by atoms with Gasteiger partial charge >= 0.3 is 0 Å². The molecule has 2 unspecified atom stereocenters. The highest BCUT2D eigenvalue weighted by atomic mass is 15.3. The molecular weight excluding hydrogens is 256 g/mol. The van der Waals surface area contributed by atoms with Crippen LogP contribution in [0.2, 0.25) is 0 Å². The highest BCUT2D eigenvalue weighted by molar-refractivity contribution is 5.02. The van der Waals surface area contributed by atoms with Crippen LogP contribution in [-0.2, 0) is 0 Å². The summed E-state index contributed by atoms with van der Waals surface area (Å²) < 4.78 is 0. The Hall–Kier alpha value is -0.0800. The molecule has 0 bridgehead atoms. The first-order chi connectivity index (χ1) is 9.94. The molecule has 2 nitrogen and oxygen atoms in total. The molecule has 0 amide bonds. The van der Waals surface area contributed by atoms with E-state index in [0.717, 1.165) is 24.4 Å². The Morgan fingerprint density at radius 1 is 1.00 bits per heavy atom. The summed E-state index contributed by atoms with van der Waals surface area (Å²) in [5.74, 6) is 1.88. The Kier molecular flexibility index (Phi) is 4.40. The SMILES string of the molecule is CC(C)(C)C1CCCC(CN)(N(CC2CC2)C2CC2)CC1. The van der Waals surface area contributed by atoms with Gasteiger partial charge in [-0.3, -0.25) is 4.90 Å². The van der Waals surface area contributed by atoms with Gasteiger partial charge in [0.15, 0.2) is 0 Å². The molecule has 0 aromatic rings. The minimum Gasteiger partial charge on any atom is -0.329 e. The van der Waals surface area contributed by atoms with Gasteiger partial charge in [0.2, 0.25) is 0 Å². The van der Waals surface area contributed by atoms with Crippen LogP contribution >= 0.6 is 0 Å². The fourth-order valence-electron chi connectivity index (χ4n) is 4.56. The Labute approximate surface area is 131 Å². The van der Waals surface area contributed by atoms with E-state index in [4.69, 9.17) is 5.73 Å². The Morgan fingerprint density at radius 2 is 1.71 bits per heavy atom. The van der Waals surface area contributed by atoms with Crippen LogP contribution in [0.1, 0.15) is 78.6 Å². The van der Waals surface area contributed by atoms with Crippen molar-refractivity contribution >= 4 is 0 Å². The fourth-order valence-corrected chi connectivity index (χ4v) is 4.56. The van der Waals surface area contributed by atoms with Gasteiger partial charge < -0.3 is 5.73 Å². The van der Waals surface area contributed by atoms with Gasteiger partial charge in [0, 0.05) is 24.7 Å². The zero-order chi connectivity index (χ0) is 15.1. The smallest absolute Gasteiger partial charge is 0.0334 e. The number of hydrogen-bond donors (Lipinski definition) is 1. The van der Waals surface area contributed by atoms with Gasteiger partial charge in [-0.2, -0.15) is 0 Å². The van der Waals surface area contributed by atoms with Crippen LogP contribution in [0.15, 0.2) is 0 Å². The third-order valence-corrected chi connectivity index (χ3v) is 6.51. The van der Waals surface area contributed by atoms with E-state index in [1.807, 2.05) is 0 Å². The minimum atomic E-state index is 0.337. The quantitative estimate of drug-likeness (QED) is 0.770. The van der Waals surface area contributed by atoms with Crippen molar-refractivity contribution in [3.63, 3.8) is 0 Å². The first-order valence-corrected chi connectivity index (χ1v) is 9.41. The zero-order valence-electron chi connectivity index (χ0n) is 14.5. The molecule has 2 N–H and O–H groups in total. The molecular formula is C19H36N2. The van der Waals surface area contributed by atoms with Gasteiger partial charge in [-0.25, -0.2) is 0 Å². The molecule has 0 aromatic carbocycles. The van der Waals surface area contributed by atoms with E-state index in [1.165, 1.54) is 64.3 Å². The predicted octanol–water partition coefficient (Wildman–Crippen LogP) is 4.18. The molecule has 3 rings (SSSR count). The van der Waals surface area contributed by atoms with Gasteiger partial charge in [0.25, 0.3) is 0 Å². The topological polar surface area (TPSA) is 29.3 Å². The van der Waals surface area contributed by atoms with Crippen LogP contribution < -0.4 is 5.73 Å². The number of rotatable bonds is 5. The van der Waals surface area contributed by atoms with Gasteiger partial charge in [-0.15, -0.1) is 0 Å². The molecule has 2 heteroatoms. The molecule has 0 heterocycles. The van der Waals surface area contributed by atoms with Crippen molar-refractivity contribution in [2.24, 2.45) is 23.0 Å². The van der Waals surface area contributed by atoms with Crippen LogP contribution in [0.4, 0.5) is 0 Å². The molecule has 3 fully saturated rings. The van der Waals surface area contributed by atoms with E-state index in [-0.39, 0.29) is 0 Å². The van der Waals surface area contributed by atoms with Crippen LogP contribution in [0.25, 0.3) is 0 Å². The van der Waals surface area contributed by atoms with Crippen LogP contribution in [-0.4, -0.2) is 29.6 Å². The maximum Gasteiger partial charge on any atom is 0.0334 e. The third kappa shape index (κ3) is 3.64. The molecule has 122 valence electrons. The molecule has 21 heavy (non-hydrogen) atoms. The summed E-state index contributed by atoms with van der Waals surface area (Å²) in [6, 6.07) is 0.875. The molecule has 3 saturated carbocycles. The predicted molar refractivity (Wildman–Crippen MR) is 90.3 cm³/mol. The summed E-state index contributed by atoms with van der Waals surface area (Å²) in [6.07, 6.45) is 12.7. The molecule has 3 aliphatic rings. The van der Waals surface area contributed by atoms with E-state index in [1.54, 1.807) is 0 Å². The van der Waals surface area contributed by atoms with Crippen molar-refractivity contribution < 1.29 is 0 Å². The Bertz CT molecular complexity index is 351. The molecule has 3 aliphatic carbocycles. The maximum atomic E-state index is 6.38. The average Bonchev–Trinajstić information content (AvgIpc) is 3.30. The molecule has 2 atom stereocenters. The number of nitrogens with two attached hydrogens (primary N) is 1. The van der Waals surface area contributed by atoms with E-state index < -0.39 is 0 Å². The van der Waals surface area contributed by atoms with Gasteiger partial charge in [0.1, 0.15) is 0 Å². The normalized spacial score (nSPS) is 35.0. The molecule has 0 aliphatic heterocycles. The van der Waals surface area contributed by atoms with Crippen LogP contribution in [0.3, 0.4) is 0 Å². The maximum absolute atomic E-state index is 6.38. The lowest BCUT2D eigenvalue weighted by molar-refractivity contribution is 0.0612. The second kappa shape index (κ2) is 5.85. The Balaban J connectivity index is 1.72. The van der Waals surface area contributed by atoms with E-state index in [2.05, 4.69) is 25.7 Å². The van der Waals surface area contributed by atoms with E-state index >= 15 is 0 Å². The first-order valence-electron chi connectivity index (χ1n) is 9.41. The Morgan fingerprint density at radius 3 is 2.24 bits per heavy atom. The van der Waals surface area contributed by atoms with Gasteiger partial charge in [-0.05, 0) is 68.6 Å². The fraction of sp³-hybridized carbons (Fsp3) is 1.00. The van der Waals surface area contributed by atoms with Crippen molar-refractivity contribution in [3.05, 3.63) is 0 Å². The zero-order valence-corrected chi connectivity index (χ0v) is 14.5. The summed E-state index contributed by atoms with van der Waals surface area (Å²) in [7, 11) is 0.